The van der Waals surface area contributed by atoms with Gasteiger partial charge in [0.15, 0.2) is 0 Å². The highest BCUT2D eigenvalue weighted by Crippen LogP contribution is 2.40. The molecule has 0 aliphatic rings. The smallest absolute Gasteiger partial charge is 0.146 e. The van der Waals surface area contributed by atoms with Crippen molar-refractivity contribution in [1.29, 1.82) is 0 Å². The zero-order chi connectivity index (χ0) is 15.5. The molecule has 20 heavy (non-hydrogen) atoms. The molecular formula is C17H24BrFSi. The molecule has 0 atom stereocenters. The summed E-state index contributed by atoms with van der Waals surface area (Å²) in [6.45, 7) is 13.6. The first kappa shape index (κ1) is 17.5. The summed E-state index contributed by atoms with van der Waals surface area (Å²) in [5.74, 6) is 2.90. The van der Waals surface area contributed by atoms with Gasteiger partial charge in [0, 0.05) is 4.47 Å². The molecule has 1 aromatic carbocycles. The predicted molar refractivity (Wildman–Crippen MR) is 92.0 cm³/mol. The molecule has 3 heteroatoms. The Bertz CT molecular complexity index is 502. The number of benzene rings is 1. The van der Waals surface area contributed by atoms with Crippen LogP contribution < -0.4 is 0 Å². The SMILES string of the molecule is CC(C)[Si](C#Cc1ccc(Br)cc1F)(C(C)C)C(C)C. The molecule has 0 saturated carbocycles. The first-order valence-electron chi connectivity index (χ1n) is 7.20. The Balaban J connectivity index is 3.30. The van der Waals surface area contributed by atoms with Crippen molar-refractivity contribution in [3.8, 4) is 11.5 Å². The third kappa shape index (κ3) is 3.54. The van der Waals surface area contributed by atoms with Gasteiger partial charge in [-0.1, -0.05) is 63.4 Å². The fraction of sp³-hybridized carbons (Fsp3) is 0.529. The van der Waals surface area contributed by atoms with Crippen molar-refractivity contribution in [1.82, 2.24) is 0 Å². The van der Waals surface area contributed by atoms with Crippen molar-refractivity contribution in [3.63, 3.8) is 0 Å². The maximum Gasteiger partial charge on any atom is 0.146 e. The molecule has 0 bridgehead atoms. The molecule has 0 amide bonds. The van der Waals surface area contributed by atoms with E-state index in [-0.39, 0.29) is 5.82 Å². The molecule has 0 radical (unpaired) electrons. The Morgan fingerprint density at radius 2 is 1.50 bits per heavy atom. The molecule has 0 aromatic heterocycles. The zero-order valence-electron chi connectivity index (χ0n) is 13.2. The summed E-state index contributed by atoms with van der Waals surface area (Å²) in [7, 11) is -1.79. The van der Waals surface area contributed by atoms with E-state index >= 15 is 0 Å². The van der Waals surface area contributed by atoms with Crippen LogP contribution in [-0.2, 0) is 0 Å². The van der Waals surface area contributed by atoms with Crippen LogP contribution in [0.1, 0.15) is 47.1 Å². The van der Waals surface area contributed by atoms with E-state index in [1.54, 1.807) is 6.07 Å². The Morgan fingerprint density at radius 1 is 1.00 bits per heavy atom. The van der Waals surface area contributed by atoms with Crippen LogP contribution in [0.15, 0.2) is 22.7 Å². The van der Waals surface area contributed by atoms with E-state index in [1.807, 2.05) is 6.07 Å². The molecule has 0 N–H and O–H groups in total. The normalized spacial score (nSPS) is 11.9. The summed E-state index contributed by atoms with van der Waals surface area (Å²) in [6.07, 6.45) is 0. The van der Waals surface area contributed by atoms with Crippen LogP contribution in [0.3, 0.4) is 0 Å². The van der Waals surface area contributed by atoms with Crippen LogP contribution in [0.5, 0.6) is 0 Å². The summed E-state index contributed by atoms with van der Waals surface area (Å²) in [5, 5.41) is 0. The number of rotatable bonds is 3. The van der Waals surface area contributed by atoms with Crippen LogP contribution in [0.25, 0.3) is 0 Å². The van der Waals surface area contributed by atoms with Crippen LogP contribution in [-0.4, -0.2) is 8.07 Å². The third-order valence-corrected chi connectivity index (χ3v) is 11.0. The molecule has 0 spiro atoms. The van der Waals surface area contributed by atoms with E-state index in [1.165, 1.54) is 6.07 Å². The Morgan fingerprint density at radius 3 is 1.90 bits per heavy atom. The lowest BCUT2D eigenvalue weighted by atomic mass is 10.2. The van der Waals surface area contributed by atoms with Crippen molar-refractivity contribution in [2.24, 2.45) is 0 Å². The van der Waals surface area contributed by atoms with E-state index in [0.717, 1.165) is 4.47 Å². The standard InChI is InChI=1S/C17H24BrFSi/c1-12(2)20(13(3)4,14(5)6)10-9-15-7-8-16(18)11-17(15)19/h7-8,11-14H,1-6H3. The van der Waals surface area contributed by atoms with Gasteiger partial charge < -0.3 is 0 Å². The monoisotopic (exact) mass is 354 g/mol. The van der Waals surface area contributed by atoms with Gasteiger partial charge in [-0.3, -0.25) is 0 Å². The molecule has 0 heterocycles. The van der Waals surface area contributed by atoms with Gasteiger partial charge in [-0.15, -0.1) is 5.54 Å². The average Bonchev–Trinajstić information content (AvgIpc) is 2.30. The minimum Gasteiger partial charge on any atom is -0.206 e. The number of hydrogen-bond donors (Lipinski definition) is 0. The largest absolute Gasteiger partial charge is 0.206 e. The molecule has 1 aromatic rings. The van der Waals surface area contributed by atoms with Crippen LogP contribution in [0.4, 0.5) is 4.39 Å². The van der Waals surface area contributed by atoms with Gasteiger partial charge in [0.05, 0.1) is 5.56 Å². The molecule has 0 fully saturated rings. The van der Waals surface area contributed by atoms with E-state index in [2.05, 4.69) is 68.9 Å². The maximum atomic E-state index is 13.9. The summed E-state index contributed by atoms with van der Waals surface area (Å²) in [4.78, 5) is 0. The Labute approximate surface area is 132 Å². The molecule has 110 valence electrons. The van der Waals surface area contributed by atoms with Crippen molar-refractivity contribution in [2.75, 3.05) is 0 Å². The van der Waals surface area contributed by atoms with Crippen molar-refractivity contribution >= 4 is 24.0 Å². The van der Waals surface area contributed by atoms with Crippen LogP contribution in [0.2, 0.25) is 16.6 Å². The molecule has 0 saturated heterocycles. The average molecular weight is 355 g/mol. The minimum absolute atomic E-state index is 0.244. The van der Waals surface area contributed by atoms with Crippen molar-refractivity contribution in [2.45, 2.75) is 58.2 Å². The van der Waals surface area contributed by atoms with Crippen molar-refractivity contribution in [3.05, 3.63) is 34.1 Å². The van der Waals surface area contributed by atoms with E-state index in [4.69, 9.17) is 0 Å². The predicted octanol–water partition coefficient (Wildman–Crippen LogP) is 6.16. The maximum absolute atomic E-state index is 13.9. The van der Waals surface area contributed by atoms with Gasteiger partial charge in [0.2, 0.25) is 0 Å². The summed E-state index contributed by atoms with van der Waals surface area (Å²) < 4.78 is 14.7. The summed E-state index contributed by atoms with van der Waals surface area (Å²) >= 11 is 3.28. The van der Waals surface area contributed by atoms with E-state index in [9.17, 15) is 4.39 Å². The second-order valence-corrected chi connectivity index (χ2v) is 12.8. The molecule has 0 aliphatic heterocycles. The molecular weight excluding hydrogens is 331 g/mol. The fourth-order valence-corrected chi connectivity index (χ4v) is 8.75. The van der Waals surface area contributed by atoms with Crippen LogP contribution in [0, 0.1) is 17.3 Å². The van der Waals surface area contributed by atoms with Gasteiger partial charge in [-0.05, 0) is 34.8 Å². The lowest BCUT2D eigenvalue weighted by Gasteiger charge is -2.38. The highest BCUT2D eigenvalue weighted by atomic mass is 79.9. The first-order chi connectivity index (χ1) is 9.21. The Kier molecular flexibility index (Phi) is 6.03. The van der Waals surface area contributed by atoms with Gasteiger partial charge in [0.25, 0.3) is 0 Å². The second kappa shape index (κ2) is 6.91. The van der Waals surface area contributed by atoms with E-state index < -0.39 is 8.07 Å². The highest BCUT2D eigenvalue weighted by Gasteiger charge is 2.41. The number of hydrogen-bond acceptors (Lipinski definition) is 0. The first-order valence-corrected chi connectivity index (χ1v) is 10.2. The quantitative estimate of drug-likeness (QED) is 0.450. The van der Waals surface area contributed by atoms with Crippen LogP contribution >= 0.6 is 15.9 Å². The van der Waals surface area contributed by atoms with Crippen molar-refractivity contribution < 1.29 is 4.39 Å². The fourth-order valence-electron chi connectivity index (χ4n) is 3.20. The topological polar surface area (TPSA) is 0 Å². The number of halogens is 2. The van der Waals surface area contributed by atoms with Gasteiger partial charge in [0.1, 0.15) is 13.9 Å². The molecule has 1 rings (SSSR count). The Hall–Kier alpha value is -0.593. The van der Waals surface area contributed by atoms with E-state index in [0.29, 0.717) is 22.2 Å². The van der Waals surface area contributed by atoms with Gasteiger partial charge >= 0.3 is 0 Å². The third-order valence-electron chi connectivity index (χ3n) is 4.21. The molecule has 0 unspecified atom stereocenters. The molecule has 0 nitrogen and oxygen atoms in total. The lowest BCUT2D eigenvalue weighted by Crippen LogP contribution is -2.43. The second-order valence-electron chi connectivity index (χ2n) is 6.27. The lowest BCUT2D eigenvalue weighted by molar-refractivity contribution is 0.623. The van der Waals surface area contributed by atoms with Gasteiger partial charge in [-0.2, -0.15) is 0 Å². The van der Waals surface area contributed by atoms with Gasteiger partial charge in [-0.25, -0.2) is 4.39 Å². The molecule has 0 aliphatic carbocycles. The summed E-state index contributed by atoms with van der Waals surface area (Å²) in [6, 6.07) is 5.08. The highest BCUT2D eigenvalue weighted by molar-refractivity contribution is 9.10. The minimum atomic E-state index is -1.79. The summed E-state index contributed by atoms with van der Waals surface area (Å²) in [5.41, 5.74) is 5.74. The zero-order valence-corrected chi connectivity index (χ0v) is 15.8.